The Hall–Kier alpha value is -2.32. The Labute approximate surface area is 217 Å². The van der Waals surface area contributed by atoms with Gasteiger partial charge >= 0.3 is 6.09 Å². The standard InChI is InChI=1S/C28H36ClNO6/c1-28(2,3)36-27(33)30-14-19(15-30)17-34-23-7-4-18(5-8-23)10-21-11-20(6-9-25(21)29)26-13-22(32)12-24(16-31)35-26/h4-9,11,19,22,24,26,31-32H,10,12-17H2,1-3H3. The van der Waals surface area contributed by atoms with Gasteiger partial charge in [0, 0.05) is 36.9 Å². The third-order valence-electron chi connectivity index (χ3n) is 6.44. The summed E-state index contributed by atoms with van der Waals surface area (Å²) < 4.78 is 17.3. The molecule has 2 aromatic rings. The second-order valence-electron chi connectivity index (χ2n) is 10.8. The van der Waals surface area contributed by atoms with Crippen LogP contribution in [-0.4, -0.2) is 65.3 Å². The van der Waals surface area contributed by atoms with Crippen LogP contribution in [0.2, 0.25) is 5.02 Å². The number of likely N-dealkylation sites (tertiary alicyclic amines) is 1. The van der Waals surface area contributed by atoms with Crippen molar-refractivity contribution in [2.75, 3.05) is 26.3 Å². The molecule has 2 saturated heterocycles. The van der Waals surface area contributed by atoms with Crippen LogP contribution in [-0.2, 0) is 15.9 Å². The smallest absolute Gasteiger partial charge is 0.410 e. The molecule has 0 spiro atoms. The van der Waals surface area contributed by atoms with Crippen molar-refractivity contribution in [1.29, 1.82) is 0 Å². The highest BCUT2D eigenvalue weighted by Gasteiger charge is 2.34. The topological polar surface area (TPSA) is 88.5 Å². The first-order valence-corrected chi connectivity index (χ1v) is 12.9. The van der Waals surface area contributed by atoms with Gasteiger partial charge in [-0.1, -0.05) is 35.9 Å². The molecule has 2 aliphatic rings. The van der Waals surface area contributed by atoms with E-state index in [0.29, 0.717) is 49.9 Å². The average Bonchev–Trinajstić information content (AvgIpc) is 2.79. The molecule has 36 heavy (non-hydrogen) atoms. The van der Waals surface area contributed by atoms with Crippen molar-refractivity contribution in [3.8, 4) is 5.75 Å². The number of ether oxygens (including phenoxy) is 3. The number of nitrogens with zero attached hydrogens (tertiary/aromatic N) is 1. The van der Waals surface area contributed by atoms with E-state index >= 15 is 0 Å². The number of aliphatic hydroxyl groups excluding tert-OH is 2. The highest BCUT2D eigenvalue weighted by molar-refractivity contribution is 6.31. The maximum absolute atomic E-state index is 12.1. The summed E-state index contributed by atoms with van der Waals surface area (Å²) in [6.45, 7) is 7.32. The normalized spacial score (nSPS) is 22.7. The minimum atomic E-state index is -0.493. The second kappa shape index (κ2) is 11.4. The number of carbonyl (C=O) groups is 1. The first kappa shape index (κ1) is 26.7. The van der Waals surface area contributed by atoms with E-state index in [-0.39, 0.29) is 24.9 Å². The van der Waals surface area contributed by atoms with Crippen molar-refractivity contribution in [1.82, 2.24) is 4.90 Å². The molecule has 2 aliphatic heterocycles. The summed E-state index contributed by atoms with van der Waals surface area (Å²) in [6.07, 6.45) is 0.212. The van der Waals surface area contributed by atoms with Gasteiger partial charge in [-0.3, -0.25) is 0 Å². The maximum atomic E-state index is 12.1. The lowest BCUT2D eigenvalue weighted by atomic mass is 9.94. The SMILES string of the molecule is CC(C)(C)OC(=O)N1CC(COc2ccc(Cc3cc(C4CC(O)CC(CO)O4)ccc3Cl)cc2)C1. The molecule has 3 unspecified atom stereocenters. The zero-order valence-electron chi connectivity index (χ0n) is 21.2. The highest BCUT2D eigenvalue weighted by atomic mass is 35.5. The van der Waals surface area contributed by atoms with Crippen LogP contribution in [0.4, 0.5) is 4.79 Å². The first-order valence-electron chi connectivity index (χ1n) is 12.5. The van der Waals surface area contributed by atoms with Crippen LogP contribution in [0.5, 0.6) is 5.75 Å². The Bertz CT molecular complexity index is 1030. The third-order valence-corrected chi connectivity index (χ3v) is 6.80. The first-order chi connectivity index (χ1) is 17.1. The van der Waals surface area contributed by atoms with Crippen molar-refractivity contribution in [3.05, 3.63) is 64.2 Å². The van der Waals surface area contributed by atoms with E-state index in [1.165, 1.54) is 0 Å². The Kier molecular flexibility index (Phi) is 8.45. The van der Waals surface area contributed by atoms with E-state index in [4.69, 9.17) is 25.8 Å². The van der Waals surface area contributed by atoms with Crippen molar-refractivity contribution in [2.45, 2.75) is 63.9 Å². The molecule has 4 rings (SSSR count). The van der Waals surface area contributed by atoms with E-state index in [2.05, 4.69) is 0 Å². The van der Waals surface area contributed by atoms with E-state index in [9.17, 15) is 15.0 Å². The van der Waals surface area contributed by atoms with Crippen molar-refractivity contribution < 1.29 is 29.2 Å². The highest BCUT2D eigenvalue weighted by Crippen LogP contribution is 2.34. The molecule has 0 aliphatic carbocycles. The van der Waals surface area contributed by atoms with Gasteiger partial charge in [-0.2, -0.15) is 0 Å². The van der Waals surface area contributed by atoms with Gasteiger partial charge in [-0.15, -0.1) is 0 Å². The summed E-state index contributed by atoms with van der Waals surface area (Å²) in [7, 11) is 0. The van der Waals surface area contributed by atoms with Gasteiger partial charge in [0.15, 0.2) is 0 Å². The molecular weight excluding hydrogens is 482 g/mol. The second-order valence-corrected chi connectivity index (χ2v) is 11.2. The van der Waals surface area contributed by atoms with Crippen LogP contribution in [0.3, 0.4) is 0 Å². The molecule has 0 bridgehead atoms. The maximum Gasteiger partial charge on any atom is 0.410 e. The lowest BCUT2D eigenvalue weighted by Gasteiger charge is -2.39. The Morgan fingerprint density at radius 3 is 2.53 bits per heavy atom. The molecule has 8 heteroatoms. The predicted molar refractivity (Wildman–Crippen MR) is 137 cm³/mol. The Balaban J connectivity index is 1.28. The monoisotopic (exact) mass is 517 g/mol. The zero-order valence-corrected chi connectivity index (χ0v) is 21.9. The van der Waals surface area contributed by atoms with Gasteiger partial charge in [0.1, 0.15) is 11.4 Å². The number of halogens is 1. The number of hydrogen-bond donors (Lipinski definition) is 2. The fraction of sp³-hybridized carbons (Fsp3) is 0.536. The summed E-state index contributed by atoms with van der Waals surface area (Å²) in [4.78, 5) is 13.7. The van der Waals surface area contributed by atoms with Gasteiger partial charge in [0.2, 0.25) is 0 Å². The molecule has 2 heterocycles. The largest absolute Gasteiger partial charge is 0.493 e. The van der Waals surface area contributed by atoms with Crippen LogP contribution in [0.25, 0.3) is 0 Å². The van der Waals surface area contributed by atoms with Crippen LogP contribution in [0, 0.1) is 5.92 Å². The fourth-order valence-corrected chi connectivity index (χ4v) is 4.73. The van der Waals surface area contributed by atoms with E-state index in [0.717, 1.165) is 22.4 Å². The van der Waals surface area contributed by atoms with Crippen LogP contribution >= 0.6 is 11.6 Å². The fourth-order valence-electron chi connectivity index (χ4n) is 4.54. The lowest BCUT2D eigenvalue weighted by Crippen LogP contribution is -2.53. The third kappa shape index (κ3) is 7.13. The van der Waals surface area contributed by atoms with Crippen LogP contribution in [0.1, 0.15) is 56.4 Å². The van der Waals surface area contributed by atoms with Crippen molar-refractivity contribution in [3.63, 3.8) is 0 Å². The summed E-state index contributed by atoms with van der Waals surface area (Å²) in [6, 6.07) is 13.7. The molecule has 0 aromatic heterocycles. The summed E-state index contributed by atoms with van der Waals surface area (Å²) in [5, 5.41) is 20.3. The van der Waals surface area contributed by atoms with Gasteiger partial charge < -0.3 is 29.3 Å². The molecule has 3 atom stereocenters. The van der Waals surface area contributed by atoms with Crippen molar-refractivity contribution in [2.24, 2.45) is 5.92 Å². The minimum absolute atomic E-state index is 0.106. The summed E-state index contributed by atoms with van der Waals surface area (Å²) >= 11 is 6.49. The molecule has 0 radical (unpaired) electrons. The minimum Gasteiger partial charge on any atom is -0.493 e. The molecule has 196 valence electrons. The number of hydrogen-bond acceptors (Lipinski definition) is 6. The summed E-state index contributed by atoms with van der Waals surface area (Å²) in [5.74, 6) is 1.08. The zero-order chi connectivity index (χ0) is 25.9. The van der Waals surface area contributed by atoms with Crippen molar-refractivity contribution >= 4 is 17.7 Å². The van der Waals surface area contributed by atoms with Gasteiger partial charge in [0.05, 0.1) is 31.5 Å². The molecule has 1 amide bonds. The lowest BCUT2D eigenvalue weighted by molar-refractivity contribution is -0.113. The Morgan fingerprint density at radius 2 is 1.86 bits per heavy atom. The number of benzene rings is 2. The van der Waals surface area contributed by atoms with E-state index < -0.39 is 11.7 Å². The Morgan fingerprint density at radius 1 is 1.14 bits per heavy atom. The van der Waals surface area contributed by atoms with Gasteiger partial charge in [-0.05, 0) is 62.1 Å². The molecular formula is C28H36ClNO6. The van der Waals surface area contributed by atoms with Crippen LogP contribution in [0.15, 0.2) is 42.5 Å². The number of aliphatic hydroxyl groups is 2. The quantitative estimate of drug-likeness (QED) is 0.551. The molecule has 2 N–H and O–H groups in total. The predicted octanol–water partition coefficient (Wildman–Crippen LogP) is 4.75. The average molecular weight is 518 g/mol. The molecule has 0 saturated carbocycles. The molecule has 7 nitrogen and oxygen atoms in total. The molecule has 2 fully saturated rings. The van der Waals surface area contributed by atoms with E-state index in [1.807, 2.05) is 63.2 Å². The number of amides is 1. The van der Waals surface area contributed by atoms with Gasteiger partial charge in [-0.25, -0.2) is 4.79 Å². The number of rotatable bonds is 7. The van der Waals surface area contributed by atoms with Gasteiger partial charge in [0.25, 0.3) is 0 Å². The van der Waals surface area contributed by atoms with Crippen LogP contribution < -0.4 is 4.74 Å². The number of carbonyl (C=O) groups excluding carboxylic acids is 1. The summed E-state index contributed by atoms with van der Waals surface area (Å²) in [5.41, 5.74) is 2.54. The van der Waals surface area contributed by atoms with E-state index in [1.54, 1.807) is 4.90 Å². The molecule has 2 aromatic carbocycles.